The zero-order valence-corrected chi connectivity index (χ0v) is 8.75. The first kappa shape index (κ1) is 9.67. The minimum atomic E-state index is -0.0778. The van der Waals surface area contributed by atoms with Crippen molar-refractivity contribution in [1.82, 2.24) is 20.3 Å². The minimum absolute atomic E-state index is 0.0778. The second-order valence-corrected chi connectivity index (χ2v) is 4.34. The van der Waals surface area contributed by atoms with Gasteiger partial charge in [-0.25, -0.2) is 4.68 Å². The molecular formula is C8H12N4OS. The van der Waals surface area contributed by atoms with Gasteiger partial charge in [-0.05, 0) is 0 Å². The number of ketones is 1. The molecular weight excluding hydrogens is 200 g/mol. The summed E-state index contributed by atoms with van der Waals surface area (Å²) in [6.45, 7) is 0.895. The molecule has 76 valence electrons. The van der Waals surface area contributed by atoms with Gasteiger partial charge >= 0.3 is 0 Å². The molecule has 5 nitrogen and oxygen atoms in total. The molecule has 0 radical (unpaired) electrons. The fraction of sp³-hybridized carbons (Fsp3) is 0.625. The molecule has 0 bridgehead atoms. The molecule has 14 heavy (non-hydrogen) atoms. The third-order valence-corrected chi connectivity index (χ3v) is 3.27. The molecule has 0 aromatic carbocycles. The molecule has 1 fully saturated rings. The van der Waals surface area contributed by atoms with E-state index < -0.39 is 0 Å². The van der Waals surface area contributed by atoms with Gasteiger partial charge < -0.3 is 5.32 Å². The van der Waals surface area contributed by atoms with Gasteiger partial charge in [-0.2, -0.15) is 11.8 Å². The van der Waals surface area contributed by atoms with E-state index in [9.17, 15) is 4.79 Å². The van der Waals surface area contributed by atoms with Crippen LogP contribution < -0.4 is 5.32 Å². The molecule has 1 unspecified atom stereocenters. The summed E-state index contributed by atoms with van der Waals surface area (Å²) in [5.41, 5.74) is 0.574. The van der Waals surface area contributed by atoms with E-state index in [2.05, 4.69) is 15.6 Å². The Labute approximate surface area is 86.2 Å². The number of aryl methyl sites for hydroxylation is 1. The van der Waals surface area contributed by atoms with Crippen molar-refractivity contribution in [3.8, 4) is 0 Å². The Hall–Kier alpha value is -0.880. The quantitative estimate of drug-likeness (QED) is 0.682. The summed E-state index contributed by atoms with van der Waals surface area (Å²) in [6.07, 6.45) is 1.52. The summed E-state index contributed by atoms with van der Waals surface area (Å²) in [5.74, 6) is 2.00. The molecule has 6 heteroatoms. The third kappa shape index (κ3) is 1.80. The SMILES string of the molecule is Cn1nncc1C(=O)C1CSCCN1. The standard InChI is InChI=1S/C8H12N4OS/c1-12-7(4-10-11-12)8(13)6-5-14-3-2-9-6/h4,6,9H,2-3,5H2,1H3. The van der Waals surface area contributed by atoms with E-state index in [4.69, 9.17) is 0 Å². The molecule has 0 amide bonds. The van der Waals surface area contributed by atoms with Crippen LogP contribution in [-0.2, 0) is 7.05 Å². The number of Topliss-reactive ketones (excluding diaryl/α,β-unsaturated/α-hetero) is 1. The maximum absolute atomic E-state index is 11.9. The van der Waals surface area contributed by atoms with Crippen LogP contribution in [0.4, 0.5) is 0 Å². The Kier molecular flexibility index (Phi) is 2.83. The van der Waals surface area contributed by atoms with Crippen molar-refractivity contribution in [3.63, 3.8) is 0 Å². The number of hydrogen-bond donors (Lipinski definition) is 1. The maximum atomic E-state index is 11.9. The fourth-order valence-electron chi connectivity index (χ4n) is 1.43. The zero-order chi connectivity index (χ0) is 9.97. The lowest BCUT2D eigenvalue weighted by Crippen LogP contribution is -2.43. The molecule has 1 aliphatic rings. The van der Waals surface area contributed by atoms with E-state index in [-0.39, 0.29) is 11.8 Å². The van der Waals surface area contributed by atoms with E-state index in [1.807, 2.05) is 0 Å². The number of nitrogens with zero attached hydrogens (tertiary/aromatic N) is 3. The summed E-state index contributed by atoms with van der Waals surface area (Å²) in [6, 6.07) is -0.0778. The molecule has 1 atom stereocenters. The van der Waals surface area contributed by atoms with Crippen molar-refractivity contribution in [2.45, 2.75) is 6.04 Å². The highest BCUT2D eigenvalue weighted by atomic mass is 32.2. The summed E-state index contributed by atoms with van der Waals surface area (Å²) in [7, 11) is 1.73. The highest BCUT2D eigenvalue weighted by Gasteiger charge is 2.24. The van der Waals surface area contributed by atoms with E-state index in [0.29, 0.717) is 5.69 Å². The van der Waals surface area contributed by atoms with Gasteiger partial charge in [-0.15, -0.1) is 5.10 Å². The smallest absolute Gasteiger partial charge is 0.200 e. The number of carbonyl (C=O) groups is 1. The van der Waals surface area contributed by atoms with Crippen LogP contribution in [0.15, 0.2) is 6.20 Å². The highest BCUT2D eigenvalue weighted by Crippen LogP contribution is 2.11. The molecule has 2 rings (SSSR count). The van der Waals surface area contributed by atoms with Gasteiger partial charge in [-0.3, -0.25) is 4.79 Å². The first-order valence-corrected chi connectivity index (χ1v) is 5.64. The molecule has 1 aliphatic heterocycles. The lowest BCUT2D eigenvalue weighted by Gasteiger charge is -2.21. The van der Waals surface area contributed by atoms with Crippen LogP contribution in [0.3, 0.4) is 0 Å². The molecule has 1 N–H and O–H groups in total. The summed E-state index contributed by atoms with van der Waals surface area (Å²) < 4.78 is 1.52. The van der Waals surface area contributed by atoms with Crippen LogP contribution in [-0.4, -0.2) is 44.9 Å². The van der Waals surface area contributed by atoms with Crippen molar-refractivity contribution in [3.05, 3.63) is 11.9 Å². The lowest BCUT2D eigenvalue weighted by atomic mass is 10.1. The molecule has 1 aromatic heterocycles. The highest BCUT2D eigenvalue weighted by molar-refractivity contribution is 7.99. The van der Waals surface area contributed by atoms with Crippen molar-refractivity contribution in [2.75, 3.05) is 18.1 Å². The van der Waals surface area contributed by atoms with Crippen LogP contribution in [0.1, 0.15) is 10.5 Å². The summed E-state index contributed by atoms with van der Waals surface area (Å²) in [5, 5.41) is 10.6. The number of hydrogen-bond acceptors (Lipinski definition) is 5. The van der Waals surface area contributed by atoms with Crippen LogP contribution in [0.25, 0.3) is 0 Å². The fourth-order valence-corrected chi connectivity index (χ4v) is 2.36. The van der Waals surface area contributed by atoms with E-state index >= 15 is 0 Å². The number of rotatable bonds is 2. The van der Waals surface area contributed by atoms with Crippen LogP contribution >= 0.6 is 11.8 Å². The van der Waals surface area contributed by atoms with Crippen LogP contribution in [0.5, 0.6) is 0 Å². The van der Waals surface area contributed by atoms with Gasteiger partial charge in [0.2, 0.25) is 0 Å². The van der Waals surface area contributed by atoms with Crippen LogP contribution in [0, 0.1) is 0 Å². The molecule has 2 heterocycles. The first-order valence-electron chi connectivity index (χ1n) is 4.49. The molecule has 0 aliphatic carbocycles. The predicted molar refractivity (Wildman–Crippen MR) is 54.4 cm³/mol. The lowest BCUT2D eigenvalue weighted by molar-refractivity contribution is 0.0943. The van der Waals surface area contributed by atoms with Crippen molar-refractivity contribution < 1.29 is 4.79 Å². The topological polar surface area (TPSA) is 59.8 Å². The summed E-state index contributed by atoms with van der Waals surface area (Å²) in [4.78, 5) is 11.9. The third-order valence-electron chi connectivity index (χ3n) is 2.21. The van der Waals surface area contributed by atoms with Gasteiger partial charge in [0.25, 0.3) is 0 Å². The molecule has 1 aromatic rings. The van der Waals surface area contributed by atoms with Gasteiger partial charge in [0.05, 0.1) is 12.2 Å². The van der Waals surface area contributed by atoms with Gasteiger partial charge in [0.15, 0.2) is 5.78 Å². The minimum Gasteiger partial charge on any atom is -0.306 e. The number of carbonyl (C=O) groups excluding carboxylic acids is 1. The van der Waals surface area contributed by atoms with Crippen molar-refractivity contribution in [1.29, 1.82) is 0 Å². The molecule has 1 saturated heterocycles. The average molecular weight is 212 g/mol. The van der Waals surface area contributed by atoms with E-state index in [1.54, 1.807) is 18.8 Å². The molecule has 0 saturated carbocycles. The second kappa shape index (κ2) is 4.10. The normalized spacial score (nSPS) is 22.2. The predicted octanol–water partition coefficient (Wildman–Crippen LogP) is -0.297. The Morgan fingerprint density at radius 1 is 1.79 bits per heavy atom. The van der Waals surface area contributed by atoms with Crippen molar-refractivity contribution >= 4 is 17.5 Å². The Morgan fingerprint density at radius 3 is 3.21 bits per heavy atom. The Balaban J connectivity index is 2.11. The zero-order valence-electron chi connectivity index (χ0n) is 7.93. The summed E-state index contributed by atoms with van der Waals surface area (Å²) >= 11 is 1.80. The van der Waals surface area contributed by atoms with E-state index in [1.165, 1.54) is 10.9 Å². The van der Waals surface area contributed by atoms with Crippen molar-refractivity contribution in [2.24, 2.45) is 7.05 Å². The van der Waals surface area contributed by atoms with Crippen LogP contribution in [0.2, 0.25) is 0 Å². The Bertz CT molecular complexity index is 332. The average Bonchev–Trinajstić information content (AvgIpc) is 2.65. The number of nitrogens with one attached hydrogen (secondary N) is 1. The van der Waals surface area contributed by atoms with Gasteiger partial charge in [0.1, 0.15) is 5.69 Å². The molecule has 0 spiro atoms. The van der Waals surface area contributed by atoms with E-state index in [0.717, 1.165) is 18.1 Å². The Morgan fingerprint density at radius 2 is 2.64 bits per heavy atom. The number of thioether (sulfide) groups is 1. The second-order valence-electron chi connectivity index (χ2n) is 3.19. The maximum Gasteiger partial charge on any atom is 0.200 e. The monoisotopic (exact) mass is 212 g/mol. The van der Waals surface area contributed by atoms with Gasteiger partial charge in [0, 0.05) is 25.1 Å². The largest absolute Gasteiger partial charge is 0.306 e. The first-order chi connectivity index (χ1) is 6.79. The number of aromatic nitrogens is 3. The van der Waals surface area contributed by atoms with Gasteiger partial charge in [-0.1, -0.05) is 5.21 Å².